The van der Waals surface area contributed by atoms with Gasteiger partial charge >= 0.3 is 0 Å². The van der Waals surface area contributed by atoms with Crippen molar-refractivity contribution < 1.29 is 4.79 Å². The van der Waals surface area contributed by atoms with Crippen molar-refractivity contribution in [1.29, 1.82) is 0 Å². The smallest absolute Gasteiger partial charge is 0.222 e. The first-order chi connectivity index (χ1) is 10.1. The van der Waals surface area contributed by atoms with E-state index in [-0.39, 0.29) is 0 Å². The zero-order valence-corrected chi connectivity index (χ0v) is 13.9. The van der Waals surface area contributed by atoms with Crippen molar-refractivity contribution in [2.45, 2.75) is 58.4 Å². The number of nitrogens with zero attached hydrogens (tertiary/aromatic N) is 2. The summed E-state index contributed by atoms with van der Waals surface area (Å²) in [5, 5.41) is 0. The van der Waals surface area contributed by atoms with E-state index < -0.39 is 0 Å². The zero-order chi connectivity index (χ0) is 15.2. The number of hydrogen-bond acceptors (Lipinski definition) is 3. The molecule has 4 nitrogen and oxygen atoms in total. The second-order valence-corrected chi connectivity index (χ2v) is 7.15. The minimum absolute atomic E-state index is 0.367. The molecule has 2 aliphatic heterocycles. The number of hydrogen-bond donors (Lipinski definition) is 1. The standard InChI is InChI=1S/C17H33N3O/c1-14(2)15(8-9-18)6-7-17(21)20-12-4-11-19-10-3-5-16(19)13-20/h14-16H,3-13,18H2,1-2H3. The Morgan fingerprint density at radius 1 is 1.19 bits per heavy atom. The summed E-state index contributed by atoms with van der Waals surface area (Å²) >= 11 is 0. The average molecular weight is 295 g/mol. The Labute approximate surface area is 130 Å². The number of carbonyl (C=O) groups is 1. The lowest BCUT2D eigenvalue weighted by atomic mass is 9.88. The molecule has 4 heteroatoms. The lowest BCUT2D eigenvalue weighted by Gasteiger charge is -2.27. The lowest BCUT2D eigenvalue weighted by Crippen LogP contribution is -2.39. The molecule has 2 saturated heterocycles. The van der Waals surface area contributed by atoms with Crippen LogP contribution in [0.4, 0.5) is 0 Å². The third kappa shape index (κ3) is 4.68. The van der Waals surface area contributed by atoms with Crippen LogP contribution >= 0.6 is 0 Å². The molecule has 0 spiro atoms. The van der Waals surface area contributed by atoms with Crippen LogP contribution in [0.1, 0.15) is 52.4 Å². The summed E-state index contributed by atoms with van der Waals surface area (Å²) in [5.74, 6) is 1.58. The quantitative estimate of drug-likeness (QED) is 0.816. The fraction of sp³-hybridized carbons (Fsp3) is 0.941. The molecule has 1 amide bonds. The van der Waals surface area contributed by atoms with Gasteiger partial charge in [-0.2, -0.15) is 0 Å². The highest BCUT2D eigenvalue weighted by Gasteiger charge is 2.30. The van der Waals surface area contributed by atoms with E-state index >= 15 is 0 Å². The highest BCUT2D eigenvalue weighted by molar-refractivity contribution is 5.76. The van der Waals surface area contributed by atoms with Gasteiger partial charge < -0.3 is 10.6 Å². The second-order valence-electron chi connectivity index (χ2n) is 7.15. The maximum Gasteiger partial charge on any atom is 0.222 e. The average Bonchev–Trinajstić information content (AvgIpc) is 2.79. The molecule has 0 saturated carbocycles. The van der Waals surface area contributed by atoms with Crippen molar-refractivity contribution in [1.82, 2.24) is 9.80 Å². The summed E-state index contributed by atoms with van der Waals surface area (Å²) in [5.41, 5.74) is 5.69. The minimum Gasteiger partial charge on any atom is -0.341 e. The number of fused-ring (bicyclic) bond motifs is 1. The van der Waals surface area contributed by atoms with E-state index in [4.69, 9.17) is 5.73 Å². The first kappa shape index (κ1) is 16.8. The molecular weight excluding hydrogens is 262 g/mol. The monoisotopic (exact) mass is 295 g/mol. The molecule has 0 aromatic carbocycles. The first-order valence-corrected chi connectivity index (χ1v) is 8.83. The topological polar surface area (TPSA) is 49.6 Å². The predicted octanol–water partition coefficient (Wildman–Crippen LogP) is 2.08. The highest BCUT2D eigenvalue weighted by Crippen LogP contribution is 2.24. The molecule has 2 unspecified atom stereocenters. The molecule has 0 aromatic heterocycles. The van der Waals surface area contributed by atoms with Gasteiger partial charge in [0.2, 0.25) is 5.91 Å². The van der Waals surface area contributed by atoms with Crippen molar-refractivity contribution in [3.8, 4) is 0 Å². The Morgan fingerprint density at radius 2 is 1.95 bits per heavy atom. The number of nitrogens with two attached hydrogens (primary N) is 1. The Bertz CT molecular complexity index is 332. The molecule has 0 aromatic rings. The number of rotatable bonds is 6. The van der Waals surface area contributed by atoms with E-state index in [9.17, 15) is 4.79 Å². The van der Waals surface area contributed by atoms with Gasteiger partial charge in [0.15, 0.2) is 0 Å². The van der Waals surface area contributed by atoms with E-state index in [1.54, 1.807) is 0 Å². The summed E-state index contributed by atoms with van der Waals surface area (Å²) in [6, 6.07) is 0.626. The van der Waals surface area contributed by atoms with Crippen molar-refractivity contribution in [3.63, 3.8) is 0 Å². The van der Waals surface area contributed by atoms with Crippen LogP contribution in [0.25, 0.3) is 0 Å². The summed E-state index contributed by atoms with van der Waals surface area (Å²) in [4.78, 5) is 17.3. The van der Waals surface area contributed by atoms with Crippen LogP contribution in [-0.2, 0) is 4.79 Å². The molecule has 122 valence electrons. The van der Waals surface area contributed by atoms with Gasteiger partial charge in [-0.05, 0) is 57.0 Å². The van der Waals surface area contributed by atoms with E-state index in [2.05, 4.69) is 23.6 Å². The summed E-state index contributed by atoms with van der Waals surface area (Å²) in [6.45, 7) is 9.55. The summed E-state index contributed by atoms with van der Waals surface area (Å²) in [6.07, 6.45) is 6.46. The van der Waals surface area contributed by atoms with Crippen LogP contribution in [0.3, 0.4) is 0 Å². The maximum atomic E-state index is 12.5. The normalized spacial score (nSPS) is 25.0. The lowest BCUT2D eigenvalue weighted by molar-refractivity contribution is -0.131. The van der Waals surface area contributed by atoms with Gasteiger partial charge in [-0.15, -0.1) is 0 Å². The minimum atomic E-state index is 0.367. The predicted molar refractivity (Wildman–Crippen MR) is 87.0 cm³/mol. The molecule has 0 radical (unpaired) electrons. The maximum absolute atomic E-state index is 12.5. The zero-order valence-electron chi connectivity index (χ0n) is 13.9. The molecule has 2 fully saturated rings. The van der Waals surface area contributed by atoms with Gasteiger partial charge in [0.25, 0.3) is 0 Å². The Hall–Kier alpha value is -0.610. The van der Waals surface area contributed by atoms with E-state index in [0.29, 0.717) is 30.2 Å². The first-order valence-electron chi connectivity index (χ1n) is 8.83. The van der Waals surface area contributed by atoms with Crippen LogP contribution in [0, 0.1) is 11.8 Å². The Kier molecular flexibility index (Phi) is 6.49. The van der Waals surface area contributed by atoms with E-state index in [0.717, 1.165) is 38.9 Å². The second kappa shape index (κ2) is 8.14. The molecule has 2 aliphatic rings. The Balaban J connectivity index is 1.81. The third-order valence-corrected chi connectivity index (χ3v) is 5.37. The van der Waals surface area contributed by atoms with Gasteiger partial charge in [-0.1, -0.05) is 13.8 Å². The van der Waals surface area contributed by atoms with Gasteiger partial charge in [-0.3, -0.25) is 9.69 Å². The molecule has 2 heterocycles. The van der Waals surface area contributed by atoms with Crippen LogP contribution < -0.4 is 5.73 Å². The molecule has 0 aliphatic carbocycles. The van der Waals surface area contributed by atoms with Crippen molar-refractivity contribution in [3.05, 3.63) is 0 Å². The third-order valence-electron chi connectivity index (χ3n) is 5.37. The molecule has 0 bridgehead atoms. The molecule has 2 atom stereocenters. The van der Waals surface area contributed by atoms with Gasteiger partial charge in [0.05, 0.1) is 0 Å². The van der Waals surface area contributed by atoms with Crippen molar-refractivity contribution in [2.24, 2.45) is 17.6 Å². The van der Waals surface area contributed by atoms with Crippen LogP contribution in [0.2, 0.25) is 0 Å². The Morgan fingerprint density at radius 3 is 2.67 bits per heavy atom. The van der Waals surface area contributed by atoms with Gasteiger partial charge in [-0.25, -0.2) is 0 Å². The summed E-state index contributed by atoms with van der Waals surface area (Å²) < 4.78 is 0. The van der Waals surface area contributed by atoms with Gasteiger partial charge in [0.1, 0.15) is 0 Å². The molecular formula is C17H33N3O. The van der Waals surface area contributed by atoms with E-state index in [1.807, 2.05) is 0 Å². The van der Waals surface area contributed by atoms with Crippen molar-refractivity contribution >= 4 is 5.91 Å². The van der Waals surface area contributed by atoms with E-state index in [1.165, 1.54) is 25.9 Å². The fourth-order valence-electron chi connectivity index (χ4n) is 3.93. The van der Waals surface area contributed by atoms with Gasteiger partial charge in [0, 0.05) is 32.1 Å². The number of amides is 1. The van der Waals surface area contributed by atoms with Crippen molar-refractivity contribution in [2.75, 3.05) is 32.7 Å². The fourth-order valence-corrected chi connectivity index (χ4v) is 3.93. The molecule has 2 rings (SSSR count). The van der Waals surface area contributed by atoms with Crippen LogP contribution in [0.15, 0.2) is 0 Å². The largest absolute Gasteiger partial charge is 0.341 e. The SMILES string of the molecule is CC(C)C(CCN)CCC(=O)N1CCCN2CCCC2C1. The van der Waals surface area contributed by atoms with Crippen LogP contribution in [-0.4, -0.2) is 54.5 Å². The molecule has 21 heavy (non-hydrogen) atoms. The molecule has 2 N–H and O–H groups in total. The van der Waals surface area contributed by atoms with Crippen LogP contribution in [0.5, 0.6) is 0 Å². The highest BCUT2D eigenvalue weighted by atomic mass is 16.2. The number of carbonyl (C=O) groups excluding carboxylic acids is 1. The summed E-state index contributed by atoms with van der Waals surface area (Å²) in [7, 11) is 0.